The third kappa shape index (κ3) is 5.26. The molecule has 31 heavy (non-hydrogen) atoms. The zero-order valence-electron chi connectivity index (χ0n) is 17.6. The summed E-state index contributed by atoms with van der Waals surface area (Å²) in [5.74, 6) is -0.0439. The first-order valence-electron chi connectivity index (χ1n) is 10.6. The summed E-state index contributed by atoms with van der Waals surface area (Å²) in [6.45, 7) is 2.06. The number of carbonyl (C=O) groups excluding carboxylic acids is 1. The molecule has 4 rings (SSSR count). The minimum absolute atomic E-state index is 0.0439. The molecule has 2 fully saturated rings. The minimum atomic E-state index is -3.39. The summed E-state index contributed by atoms with van der Waals surface area (Å²) < 4.78 is 25.7. The maximum absolute atomic E-state index is 13.4. The molecule has 0 spiro atoms. The average Bonchev–Trinajstić information content (AvgIpc) is 3.44. The van der Waals surface area contributed by atoms with E-state index < -0.39 is 15.4 Å². The van der Waals surface area contributed by atoms with Crippen LogP contribution in [0, 0.1) is 0 Å². The standard InChI is InChI=1S/C23H29N3O4S/c1-31(29,30)25-19-9-5-8-18(14-19)23(11-12-23)22(28)24-21(17-6-3-2-4-7-17)16-26-13-10-20(27)15-26/h2-9,14,20-21,25,27H,10-13,15-16H2,1H3,(H,24,28)/t20-,21+/m0/s1. The van der Waals surface area contributed by atoms with Gasteiger partial charge >= 0.3 is 0 Å². The molecular weight excluding hydrogens is 414 g/mol. The van der Waals surface area contributed by atoms with E-state index in [1.54, 1.807) is 18.2 Å². The Morgan fingerprint density at radius 3 is 2.55 bits per heavy atom. The third-order valence-corrected chi connectivity index (χ3v) is 6.71. The predicted molar refractivity (Wildman–Crippen MR) is 120 cm³/mol. The number of benzene rings is 2. The number of nitrogens with one attached hydrogen (secondary N) is 2. The Morgan fingerprint density at radius 1 is 1.19 bits per heavy atom. The highest BCUT2D eigenvalue weighted by Crippen LogP contribution is 2.49. The van der Waals surface area contributed by atoms with Gasteiger partial charge in [-0.25, -0.2) is 8.42 Å². The molecule has 166 valence electrons. The second-order valence-corrected chi connectivity index (χ2v) is 10.4. The van der Waals surface area contributed by atoms with E-state index in [0.29, 0.717) is 18.8 Å². The Bertz CT molecular complexity index is 1040. The van der Waals surface area contributed by atoms with E-state index in [-0.39, 0.29) is 18.1 Å². The van der Waals surface area contributed by atoms with Crippen LogP contribution in [-0.4, -0.2) is 56.3 Å². The van der Waals surface area contributed by atoms with Gasteiger partial charge in [0, 0.05) is 25.3 Å². The molecule has 2 aromatic carbocycles. The maximum Gasteiger partial charge on any atom is 0.231 e. The fourth-order valence-corrected chi connectivity index (χ4v) is 4.87. The average molecular weight is 444 g/mol. The van der Waals surface area contributed by atoms with Crippen molar-refractivity contribution in [2.75, 3.05) is 30.6 Å². The van der Waals surface area contributed by atoms with Crippen molar-refractivity contribution in [2.45, 2.75) is 36.8 Å². The quantitative estimate of drug-likeness (QED) is 0.580. The van der Waals surface area contributed by atoms with Crippen molar-refractivity contribution in [1.82, 2.24) is 10.2 Å². The van der Waals surface area contributed by atoms with Crippen molar-refractivity contribution in [3.63, 3.8) is 0 Å². The number of sulfonamides is 1. The van der Waals surface area contributed by atoms with Gasteiger partial charge in [0.15, 0.2) is 0 Å². The Balaban J connectivity index is 1.53. The normalized spacial score (nSPS) is 21.4. The van der Waals surface area contributed by atoms with Crippen LogP contribution in [0.3, 0.4) is 0 Å². The van der Waals surface area contributed by atoms with Crippen LogP contribution in [0.5, 0.6) is 0 Å². The number of hydrogen-bond donors (Lipinski definition) is 3. The number of β-amino-alcohol motifs (C(OH)–C–C–N with tert-alkyl or cyclic N) is 1. The lowest BCUT2D eigenvalue weighted by molar-refractivity contribution is -0.124. The van der Waals surface area contributed by atoms with E-state index in [0.717, 1.165) is 43.2 Å². The van der Waals surface area contributed by atoms with Gasteiger partial charge in [0.05, 0.1) is 23.8 Å². The van der Waals surface area contributed by atoms with Crippen LogP contribution in [0.25, 0.3) is 0 Å². The fourth-order valence-electron chi connectivity index (χ4n) is 4.32. The summed E-state index contributed by atoms with van der Waals surface area (Å²) in [7, 11) is -3.39. The fraction of sp³-hybridized carbons (Fsp3) is 0.435. The van der Waals surface area contributed by atoms with Crippen molar-refractivity contribution in [3.8, 4) is 0 Å². The van der Waals surface area contributed by atoms with E-state index in [1.165, 1.54) is 0 Å². The Morgan fingerprint density at radius 2 is 1.94 bits per heavy atom. The van der Waals surface area contributed by atoms with Crippen molar-refractivity contribution >= 4 is 21.6 Å². The van der Waals surface area contributed by atoms with E-state index in [4.69, 9.17) is 0 Å². The molecule has 0 unspecified atom stereocenters. The van der Waals surface area contributed by atoms with Crippen LogP contribution in [0.15, 0.2) is 54.6 Å². The van der Waals surface area contributed by atoms with E-state index in [9.17, 15) is 18.3 Å². The number of nitrogens with zero attached hydrogens (tertiary/aromatic N) is 1. The van der Waals surface area contributed by atoms with Crippen LogP contribution < -0.4 is 10.0 Å². The third-order valence-electron chi connectivity index (χ3n) is 6.10. The second-order valence-electron chi connectivity index (χ2n) is 8.68. The molecule has 2 aliphatic rings. The summed E-state index contributed by atoms with van der Waals surface area (Å²) in [4.78, 5) is 15.6. The van der Waals surface area contributed by atoms with Gasteiger partial charge in [-0.05, 0) is 42.5 Å². The molecule has 8 heteroatoms. The van der Waals surface area contributed by atoms with E-state index in [2.05, 4.69) is 14.9 Å². The topological polar surface area (TPSA) is 98.7 Å². The highest BCUT2D eigenvalue weighted by atomic mass is 32.2. The molecule has 0 bridgehead atoms. The monoisotopic (exact) mass is 443 g/mol. The van der Waals surface area contributed by atoms with Gasteiger partial charge in [-0.3, -0.25) is 14.4 Å². The molecule has 1 saturated heterocycles. The zero-order chi connectivity index (χ0) is 22.1. The number of carbonyl (C=O) groups is 1. The molecule has 1 amide bonds. The lowest BCUT2D eigenvalue weighted by atomic mass is 9.93. The summed E-state index contributed by atoms with van der Waals surface area (Å²) in [6.07, 6.45) is 3.00. The van der Waals surface area contributed by atoms with Gasteiger partial charge in [-0.15, -0.1) is 0 Å². The first-order valence-corrected chi connectivity index (χ1v) is 12.5. The predicted octanol–water partition coefficient (Wildman–Crippen LogP) is 2.01. The van der Waals surface area contributed by atoms with Gasteiger partial charge in [-0.2, -0.15) is 0 Å². The van der Waals surface area contributed by atoms with Crippen molar-refractivity contribution in [2.24, 2.45) is 0 Å². The lowest BCUT2D eigenvalue weighted by Gasteiger charge is -2.27. The summed E-state index contributed by atoms with van der Waals surface area (Å²) in [5, 5.41) is 13.1. The molecule has 1 saturated carbocycles. The number of hydrogen-bond acceptors (Lipinski definition) is 5. The van der Waals surface area contributed by atoms with E-state index >= 15 is 0 Å². The SMILES string of the molecule is CS(=O)(=O)Nc1cccc(C2(C(=O)N[C@H](CN3CC[C@H](O)C3)c3ccccc3)CC2)c1. The van der Waals surface area contributed by atoms with Gasteiger partial charge < -0.3 is 10.4 Å². The smallest absolute Gasteiger partial charge is 0.231 e. The number of amides is 1. The molecule has 1 heterocycles. The molecule has 1 aliphatic carbocycles. The lowest BCUT2D eigenvalue weighted by Crippen LogP contribution is -2.42. The van der Waals surface area contributed by atoms with Gasteiger partial charge in [0.1, 0.15) is 0 Å². The molecule has 2 aromatic rings. The molecule has 0 aromatic heterocycles. The highest BCUT2D eigenvalue weighted by Gasteiger charge is 2.51. The first kappa shape index (κ1) is 21.8. The van der Waals surface area contributed by atoms with Crippen LogP contribution in [0.2, 0.25) is 0 Å². The number of rotatable bonds is 8. The van der Waals surface area contributed by atoms with Crippen molar-refractivity contribution in [1.29, 1.82) is 0 Å². The summed E-state index contributed by atoms with van der Waals surface area (Å²) in [5.41, 5.74) is 1.68. The van der Waals surface area contributed by atoms with Gasteiger partial charge in [0.25, 0.3) is 0 Å². The molecule has 7 nitrogen and oxygen atoms in total. The van der Waals surface area contributed by atoms with E-state index in [1.807, 2.05) is 36.4 Å². The molecular formula is C23H29N3O4S. The molecule has 0 radical (unpaired) electrons. The van der Waals surface area contributed by atoms with Gasteiger partial charge in [0.2, 0.25) is 15.9 Å². The highest BCUT2D eigenvalue weighted by molar-refractivity contribution is 7.92. The van der Waals surface area contributed by atoms with Gasteiger partial charge in [-0.1, -0.05) is 42.5 Å². The van der Waals surface area contributed by atoms with Crippen LogP contribution in [0.1, 0.15) is 36.4 Å². The van der Waals surface area contributed by atoms with Crippen LogP contribution >= 0.6 is 0 Å². The zero-order valence-corrected chi connectivity index (χ0v) is 18.4. The number of aliphatic hydroxyl groups excluding tert-OH is 1. The first-order chi connectivity index (χ1) is 14.7. The Kier molecular flexibility index (Phi) is 6.05. The molecule has 2 atom stereocenters. The van der Waals surface area contributed by atoms with Crippen molar-refractivity contribution in [3.05, 3.63) is 65.7 Å². The van der Waals surface area contributed by atoms with Crippen LogP contribution in [-0.2, 0) is 20.2 Å². The second kappa shape index (κ2) is 8.61. The Hall–Kier alpha value is -2.42. The number of likely N-dealkylation sites (tertiary alicyclic amines) is 1. The Labute approximate surface area is 183 Å². The number of anilines is 1. The summed E-state index contributed by atoms with van der Waals surface area (Å²) in [6, 6.07) is 16.8. The van der Waals surface area contributed by atoms with Crippen LogP contribution in [0.4, 0.5) is 5.69 Å². The summed E-state index contributed by atoms with van der Waals surface area (Å²) >= 11 is 0. The molecule has 1 aliphatic heterocycles. The molecule has 3 N–H and O–H groups in total. The maximum atomic E-state index is 13.4. The number of aliphatic hydroxyl groups is 1. The minimum Gasteiger partial charge on any atom is -0.392 e. The largest absolute Gasteiger partial charge is 0.392 e. The van der Waals surface area contributed by atoms with Crippen molar-refractivity contribution < 1.29 is 18.3 Å².